The fraction of sp³-hybridized carbons (Fsp3) is 0.391. The number of nitrogens with two attached hydrogens (primary N) is 1. The van der Waals surface area contributed by atoms with E-state index in [9.17, 15) is 9.59 Å². The highest BCUT2D eigenvalue weighted by atomic mass is 16.5. The summed E-state index contributed by atoms with van der Waals surface area (Å²) in [5.74, 6) is 1.61. The van der Waals surface area contributed by atoms with Crippen LogP contribution in [0.2, 0.25) is 0 Å². The molecule has 13 nitrogen and oxygen atoms in total. The number of nitrogen functional groups attached to an aromatic ring is 1. The van der Waals surface area contributed by atoms with Gasteiger partial charge >= 0.3 is 0 Å². The number of amides is 2. The van der Waals surface area contributed by atoms with Crippen molar-refractivity contribution in [3.05, 3.63) is 35.7 Å². The van der Waals surface area contributed by atoms with Crippen LogP contribution in [0.1, 0.15) is 22.3 Å². The molecule has 3 aliphatic heterocycles. The molecule has 0 aliphatic carbocycles. The fourth-order valence-corrected chi connectivity index (χ4v) is 4.15. The third-order valence-corrected chi connectivity index (χ3v) is 5.93. The molecule has 36 heavy (non-hydrogen) atoms. The molecule has 188 valence electrons. The second kappa shape index (κ2) is 10.2. The summed E-state index contributed by atoms with van der Waals surface area (Å²) in [4.78, 5) is 45.4. The third-order valence-electron chi connectivity index (χ3n) is 5.93. The molecule has 0 radical (unpaired) electrons. The number of anilines is 1. The van der Waals surface area contributed by atoms with Crippen molar-refractivity contribution in [1.29, 1.82) is 0 Å². The molecule has 0 saturated carbocycles. The van der Waals surface area contributed by atoms with Crippen LogP contribution in [0.3, 0.4) is 0 Å². The summed E-state index contributed by atoms with van der Waals surface area (Å²) in [6.45, 7) is 3.38. The maximum absolute atomic E-state index is 12.8. The summed E-state index contributed by atoms with van der Waals surface area (Å²) in [6, 6.07) is 3.70. The standard InChI is InChI=1S/C23H26N8O5/c1-34-19-16(36-9-2-6-30-8-10-35-13-17(30)32)4-3-15-18(19)28-23(31-7-5-25-20(15)31)29-21(33)14-11-26-22(24)27-12-14/h3-4,11-12H,2,5-10,13H2,1H3,(H2,24,26,27)(H,28,29,33). The van der Waals surface area contributed by atoms with Crippen LogP contribution in [0.4, 0.5) is 11.6 Å². The Morgan fingerprint density at radius 3 is 2.86 bits per heavy atom. The van der Waals surface area contributed by atoms with Gasteiger partial charge in [0.25, 0.3) is 5.91 Å². The summed E-state index contributed by atoms with van der Waals surface area (Å²) in [7, 11) is 1.54. The van der Waals surface area contributed by atoms with Gasteiger partial charge in [0.2, 0.25) is 17.8 Å². The van der Waals surface area contributed by atoms with Crippen LogP contribution >= 0.6 is 0 Å². The number of fused-ring (bicyclic) bond motifs is 3. The van der Waals surface area contributed by atoms with E-state index in [1.807, 2.05) is 17.0 Å². The predicted molar refractivity (Wildman–Crippen MR) is 130 cm³/mol. The molecule has 1 fully saturated rings. The lowest BCUT2D eigenvalue weighted by atomic mass is 10.1. The third kappa shape index (κ3) is 4.64. The largest absolute Gasteiger partial charge is 0.491 e. The lowest BCUT2D eigenvalue weighted by Crippen LogP contribution is -2.47. The first-order valence-electron chi connectivity index (χ1n) is 11.5. The zero-order chi connectivity index (χ0) is 25.1. The van der Waals surface area contributed by atoms with Crippen molar-refractivity contribution in [1.82, 2.24) is 25.1 Å². The highest BCUT2D eigenvalue weighted by molar-refractivity contribution is 6.20. The molecule has 1 aromatic carbocycles. The lowest BCUT2D eigenvalue weighted by Gasteiger charge is -2.29. The van der Waals surface area contributed by atoms with Crippen LogP contribution in [0.15, 0.2) is 34.5 Å². The molecule has 5 rings (SSSR count). The Hall–Kier alpha value is -4.26. The van der Waals surface area contributed by atoms with Crippen molar-refractivity contribution in [3.8, 4) is 11.5 Å². The Labute approximate surface area is 207 Å². The number of carbonyl (C=O) groups is 2. The highest BCUT2D eigenvalue weighted by Crippen LogP contribution is 2.43. The molecule has 0 bridgehead atoms. The van der Waals surface area contributed by atoms with Gasteiger partial charge in [0.15, 0.2) is 11.5 Å². The SMILES string of the molecule is COc1c(OCCCN2CCOCC2=O)ccc2c1N=C(NC(=O)c1cnc(N)nc1)N1CCN=C21. The van der Waals surface area contributed by atoms with Crippen molar-refractivity contribution in [3.63, 3.8) is 0 Å². The average molecular weight is 495 g/mol. The summed E-state index contributed by atoms with van der Waals surface area (Å²) in [6.07, 6.45) is 3.36. The number of morpholine rings is 1. The first-order chi connectivity index (χ1) is 17.5. The van der Waals surface area contributed by atoms with Gasteiger partial charge in [-0.15, -0.1) is 0 Å². The molecule has 13 heteroatoms. The van der Waals surface area contributed by atoms with E-state index >= 15 is 0 Å². The fourth-order valence-electron chi connectivity index (χ4n) is 4.15. The number of aromatic nitrogens is 2. The monoisotopic (exact) mass is 494 g/mol. The summed E-state index contributed by atoms with van der Waals surface area (Å²) < 4.78 is 16.8. The van der Waals surface area contributed by atoms with E-state index in [2.05, 4.69) is 20.3 Å². The predicted octanol–water partition coefficient (Wildman–Crippen LogP) is 0.188. The number of amidine groups is 1. The second-order valence-electron chi connectivity index (χ2n) is 8.20. The summed E-state index contributed by atoms with van der Waals surface area (Å²) in [5.41, 5.74) is 7.06. The number of aliphatic imine (C=N–C) groups is 2. The van der Waals surface area contributed by atoms with Crippen molar-refractivity contribution < 1.29 is 23.8 Å². The molecule has 0 spiro atoms. The van der Waals surface area contributed by atoms with Crippen LogP contribution in [0.5, 0.6) is 11.5 Å². The number of nitrogens with zero attached hydrogens (tertiary/aromatic N) is 6. The van der Waals surface area contributed by atoms with Gasteiger partial charge in [-0.25, -0.2) is 15.0 Å². The quantitative estimate of drug-likeness (QED) is 0.513. The van der Waals surface area contributed by atoms with Crippen molar-refractivity contribution in [2.24, 2.45) is 9.98 Å². The maximum atomic E-state index is 12.8. The number of rotatable bonds is 7. The van der Waals surface area contributed by atoms with Crippen molar-refractivity contribution >= 4 is 35.2 Å². The van der Waals surface area contributed by atoms with Gasteiger partial charge in [-0.05, 0) is 18.6 Å². The number of hydrogen-bond acceptors (Lipinski definition) is 11. The molecule has 1 aromatic heterocycles. The molecule has 4 heterocycles. The normalized spacial score (nSPS) is 16.6. The highest BCUT2D eigenvalue weighted by Gasteiger charge is 2.33. The van der Waals surface area contributed by atoms with Gasteiger partial charge in [-0.1, -0.05) is 0 Å². The van der Waals surface area contributed by atoms with E-state index in [0.717, 1.165) is 5.56 Å². The van der Waals surface area contributed by atoms with E-state index in [-0.39, 0.29) is 24.0 Å². The Morgan fingerprint density at radius 1 is 1.25 bits per heavy atom. The van der Waals surface area contributed by atoms with Crippen LogP contribution in [-0.4, -0.2) is 96.5 Å². The van der Waals surface area contributed by atoms with Crippen molar-refractivity contribution in [2.45, 2.75) is 6.42 Å². The number of nitrogens with one attached hydrogen (secondary N) is 1. The number of ether oxygens (including phenoxy) is 3. The molecule has 0 unspecified atom stereocenters. The van der Waals surface area contributed by atoms with E-state index < -0.39 is 5.91 Å². The average Bonchev–Trinajstić information content (AvgIpc) is 3.38. The zero-order valence-electron chi connectivity index (χ0n) is 19.8. The van der Waals surface area contributed by atoms with Gasteiger partial charge in [0, 0.05) is 37.6 Å². The van der Waals surface area contributed by atoms with Gasteiger partial charge in [-0.3, -0.25) is 24.8 Å². The van der Waals surface area contributed by atoms with Crippen LogP contribution in [0.25, 0.3) is 0 Å². The molecule has 0 atom stereocenters. The van der Waals surface area contributed by atoms with E-state index in [4.69, 9.17) is 24.9 Å². The smallest absolute Gasteiger partial charge is 0.261 e. The first kappa shape index (κ1) is 23.5. The Kier molecular flexibility index (Phi) is 6.62. The molecular weight excluding hydrogens is 468 g/mol. The van der Waals surface area contributed by atoms with E-state index in [0.29, 0.717) is 74.8 Å². The van der Waals surface area contributed by atoms with Gasteiger partial charge < -0.3 is 24.8 Å². The van der Waals surface area contributed by atoms with Crippen molar-refractivity contribution in [2.75, 3.05) is 58.8 Å². The number of benzene rings is 1. The maximum Gasteiger partial charge on any atom is 0.261 e. The molecule has 1 saturated heterocycles. The topological polar surface area (TPSA) is 157 Å². The zero-order valence-corrected chi connectivity index (χ0v) is 19.8. The van der Waals surface area contributed by atoms with Gasteiger partial charge in [-0.2, -0.15) is 0 Å². The molecule has 3 aliphatic rings. The van der Waals surface area contributed by atoms with Crippen LogP contribution in [0, 0.1) is 0 Å². The van der Waals surface area contributed by atoms with Crippen LogP contribution < -0.4 is 20.5 Å². The lowest BCUT2D eigenvalue weighted by molar-refractivity contribution is -0.142. The summed E-state index contributed by atoms with van der Waals surface area (Å²) in [5, 5.41) is 2.82. The first-order valence-corrected chi connectivity index (χ1v) is 11.5. The Balaban J connectivity index is 1.34. The minimum absolute atomic E-state index is 0.0102. The molecule has 3 N–H and O–H groups in total. The minimum atomic E-state index is -0.424. The van der Waals surface area contributed by atoms with Gasteiger partial charge in [0.05, 0.1) is 32.4 Å². The molecular formula is C23H26N8O5. The summed E-state index contributed by atoms with van der Waals surface area (Å²) >= 11 is 0. The number of carbonyl (C=O) groups excluding carboxylic acids is 2. The Bertz CT molecular complexity index is 1230. The minimum Gasteiger partial charge on any atom is -0.491 e. The van der Waals surface area contributed by atoms with Crippen LogP contribution in [-0.2, 0) is 9.53 Å². The second-order valence-corrected chi connectivity index (χ2v) is 8.20. The molecule has 2 amide bonds. The Morgan fingerprint density at radius 2 is 2.08 bits per heavy atom. The number of hydrogen-bond donors (Lipinski definition) is 2. The number of guanidine groups is 1. The number of methoxy groups -OCH3 is 1. The molecule has 2 aromatic rings. The van der Waals surface area contributed by atoms with E-state index in [1.54, 1.807) is 4.90 Å². The van der Waals surface area contributed by atoms with Gasteiger partial charge in [0.1, 0.15) is 18.1 Å². The van der Waals surface area contributed by atoms with E-state index in [1.165, 1.54) is 19.5 Å².